The van der Waals surface area contributed by atoms with Gasteiger partial charge < -0.3 is 0 Å². The van der Waals surface area contributed by atoms with Gasteiger partial charge in [0, 0.05) is 16.0 Å². The van der Waals surface area contributed by atoms with Crippen molar-refractivity contribution in [2.45, 2.75) is 17.7 Å². The van der Waals surface area contributed by atoms with Gasteiger partial charge in [-0.3, -0.25) is 0 Å². The number of alkyl halides is 2. The van der Waals surface area contributed by atoms with Gasteiger partial charge in [-0.05, 0) is 23.8 Å². The molecule has 1 unspecified atom stereocenters. The molecule has 0 aliphatic rings. The van der Waals surface area contributed by atoms with Gasteiger partial charge in [0.25, 0.3) is 0 Å². The average Bonchev–Trinajstić information content (AvgIpc) is 2.01. The van der Waals surface area contributed by atoms with Crippen molar-refractivity contribution in [1.82, 2.24) is 0 Å². The maximum Gasteiger partial charge on any atom is 0.114 e. The molecular weight excluding hydrogens is 250 g/mol. The fourth-order valence-corrected chi connectivity index (χ4v) is 1.82. The minimum Gasteiger partial charge on any atom is -0.105 e. The molecule has 0 nitrogen and oxygen atoms in total. The summed E-state index contributed by atoms with van der Waals surface area (Å²) in [5.41, 5.74) is 0.951. The van der Waals surface area contributed by atoms with E-state index < -0.39 is 4.84 Å². The average molecular weight is 258 g/mol. The fourth-order valence-electron chi connectivity index (χ4n) is 0.984. The molecule has 0 heterocycles. The molecule has 0 bridgehead atoms. The summed E-state index contributed by atoms with van der Waals surface area (Å²) in [6.07, 6.45) is 0. The second-order valence-electron chi connectivity index (χ2n) is 2.83. The molecule has 1 atom stereocenters. The maximum atomic E-state index is 5.83. The highest BCUT2D eigenvalue weighted by Gasteiger charge is 2.14. The summed E-state index contributed by atoms with van der Waals surface area (Å²) in [5.74, 6) is 0.0273. The first-order valence-corrected chi connectivity index (χ1v) is 5.37. The standard InChI is InChI=1S/C9H8Cl4/c1-5(9(12)13)6-2-7(10)4-8(11)3-6/h2-5,9H,1H3. The van der Waals surface area contributed by atoms with E-state index in [-0.39, 0.29) is 5.92 Å². The molecule has 0 aliphatic carbocycles. The van der Waals surface area contributed by atoms with Crippen molar-refractivity contribution in [1.29, 1.82) is 0 Å². The van der Waals surface area contributed by atoms with E-state index in [2.05, 4.69) is 0 Å². The lowest BCUT2D eigenvalue weighted by molar-refractivity contribution is 0.834. The van der Waals surface area contributed by atoms with Gasteiger partial charge in [0.15, 0.2) is 0 Å². The van der Waals surface area contributed by atoms with E-state index in [1.165, 1.54) is 0 Å². The van der Waals surface area contributed by atoms with Crippen molar-refractivity contribution in [3.05, 3.63) is 33.8 Å². The Morgan fingerprint density at radius 3 is 1.85 bits per heavy atom. The molecule has 72 valence electrons. The van der Waals surface area contributed by atoms with Gasteiger partial charge in [-0.1, -0.05) is 30.1 Å². The molecule has 0 saturated carbocycles. The van der Waals surface area contributed by atoms with Crippen LogP contribution in [0.3, 0.4) is 0 Å². The second-order valence-corrected chi connectivity index (χ2v) is 4.86. The molecule has 1 aromatic rings. The molecule has 0 spiro atoms. The van der Waals surface area contributed by atoms with Gasteiger partial charge >= 0.3 is 0 Å². The van der Waals surface area contributed by atoms with Crippen LogP contribution in [0.5, 0.6) is 0 Å². The quantitative estimate of drug-likeness (QED) is 0.661. The van der Waals surface area contributed by atoms with E-state index in [9.17, 15) is 0 Å². The number of benzene rings is 1. The lowest BCUT2D eigenvalue weighted by Gasteiger charge is -2.13. The Hall–Kier alpha value is 0.380. The predicted octanol–water partition coefficient (Wildman–Crippen LogP) is 4.90. The minimum absolute atomic E-state index is 0.0273. The van der Waals surface area contributed by atoms with Gasteiger partial charge in [0.2, 0.25) is 0 Å². The van der Waals surface area contributed by atoms with Crippen LogP contribution in [0.15, 0.2) is 18.2 Å². The Morgan fingerprint density at radius 1 is 1.00 bits per heavy atom. The van der Waals surface area contributed by atoms with Crippen LogP contribution >= 0.6 is 46.4 Å². The van der Waals surface area contributed by atoms with Crippen LogP contribution in [0.4, 0.5) is 0 Å². The van der Waals surface area contributed by atoms with Crippen LogP contribution in [0, 0.1) is 0 Å². The summed E-state index contributed by atoms with van der Waals surface area (Å²) in [5, 5.41) is 1.20. The van der Waals surface area contributed by atoms with Crippen LogP contribution in [-0.4, -0.2) is 4.84 Å². The Bertz CT molecular complexity index is 275. The Kier molecular flexibility index (Phi) is 4.18. The van der Waals surface area contributed by atoms with Crippen LogP contribution in [0.2, 0.25) is 10.0 Å². The van der Waals surface area contributed by atoms with Gasteiger partial charge in [-0.25, -0.2) is 0 Å². The van der Waals surface area contributed by atoms with E-state index in [1.807, 2.05) is 19.1 Å². The molecule has 4 heteroatoms. The first-order chi connectivity index (χ1) is 6.00. The maximum absolute atomic E-state index is 5.83. The number of halogens is 4. The van der Waals surface area contributed by atoms with Crippen molar-refractivity contribution in [2.75, 3.05) is 0 Å². The first kappa shape index (κ1) is 11.5. The Balaban J connectivity index is 3.01. The van der Waals surface area contributed by atoms with Crippen molar-refractivity contribution in [3.8, 4) is 0 Å². The number of hydrogen-bond acceptors (Lipinski definition) is 0. The predicted molar refractivity (Wildman–Crippen MR) is 60.4 cm³/mol. The minimum atomic E-state index is -0.450. The molecule has 0 saturated heterocycles. The largest absolute Gasteiger partial charge is 0.114 e. The second kappa shape index (κ2) is 4.75. The van der Waals surface area contributed by atoms with Crippen molar-refractivity contribution in [3.63, 3.8) is 0 Å². The van der Waals surface area contributed by atoms with Crippen LogP contribution in [0.25, 0.3) is 0 Å². The van der Waals surface area contributed by atoms with E-state index in [1.54, 1.807) is 6.07 Å². The summed E-state index contributed by atoms with van der Waals surface area (Å²) in [6.45, 7) is 1.92. The zero-order valence-electron chi connectivity index (χ0n) is 6.90. The van der Waals surface area contributed by atoms with Gasteiger partial charge in [-0.15, -0.1) is 23.2 Å². The Morgan fingerprint density at radius 2 is 1.46 bits per heavy atom. The summed E-state index contributed by atoms with van der Waals surface area (Å²) >= 11 is 23.1. The molecule has 0 fully saturated rings. The summed E-state index contributed by atoms with van der Waals surface area (Å²) in [4.78, 5) is -0.450. The zero-order valence-corrected chi connectivity index (χ0v) is 9.92. The molecular formula is C9H8Cl4. The van der Waals surface area contributed by atoms with E-state index in [4.69, 9.17) is 46.4 Å². The molecule has 1 rings (SSSR count). The van der Waals surface area contributed by atoms with Crippen molar-refractivity contribution in [2.24, 2.45) is 0 Å². The lowest BCUT2D eigenvalue weighted by Crippen LogP contribution is -2.02. The molecule has 0 aromatic heterocycles. The van der Waals surface area contributed by atoms with Crippen LogP contribution < -0.4 is 0 Å². The SMILES string of the molecule is CC(c1cc(Cl)cc(Cl)c1)C(Cl)Cl. The van der Waals surface area contributed by atoms with Gasteiger partial charge in [-0.2, -0.15) is 0 Å². The zero-order chi connectivity index (χ0) is 10.0. The normalized spacial score (nSPS) is 13.4. The van der Waals surface area contributed by atoms with Gasteiger partial charge in [0.05, 0.1) is 0 Å². The highest BCUT2D eigenvalue weighted by molar-refractivity contribution is 6.44. The van der Waals surface area contributed by atoms with Crippen molar-refractivity contribution >= 4 is 46.4 Å². The monoisotopic (exact) mass is 256 g/mol. The number of rotatable bonds is 2. The molecule has 13 heavy (non-hydrogen) atoms. The van der Waals surface area contributed by atoms with E-state index in [0.717, 1.165) is 5.56 Å². The van der Waals surface area contributed by atoms with Crippen LogP contribution in [-0.2, 0) is 0 Å². The fraction of sp³-hybridized carbons (Fsp3) is 0.333. The third-order valence-corrected chi connectivity index (χ3v) is 2.98. The smallest absolute Gasteiger partial charge is 0.105 e. The third kappa shape index (κ3) is 3.21. The summed E-state index contributed by atoms with van der Waals surface area (Å²) in [6, 6.07) is 5.31. The van der Waals surface area contributed by atoms with Crippen molar-refractivity contribution < 1.29 is 0 Å². The van der Waals surface area contributed by atoms with E-state index in [0.29, 0.717) is 10.0 Å². The highest BCUT2D eigenvalue weighted by atomic mass is 35.5. The molecule has 0 aliphatic heterocycles. The molecule has 1 aromatic carbocycles. The molecule has 0 N–H and O–H groups in total. The first-order valence-electron chi connectivity index (χ1n) is 3.75. The Labute approximate surface area is 97.7 Å². The molecule has 0 amide bonds. The number of hydrogen-bond donors (Lipinski definition) is 0. The van der Waals surface area contributed by atoms with E-state index >= 15 is 0 Å². The van der Waals surface area contributed by atoms with Crippen LogP contribution in [0.1, 0.15) is 18.4 Å². The topological polar surface area (TPSA) is 0 Å². The lowest BCUT2D eigenvalue weighted by atomic mass is 10.0. The third-order valence-electron chi connectivity index (χ3n) is 1.79. The summed E-state index contributed by atoms with van der Waals surface area (Å²) in [7, 11) is 0. The summed E-state index contributed by atoms with van der Waals surface area (Å²) < 4.78 is 0. The molecule has 0 radical (unpaired) electrons. The highest BCUT2D eigenvalue weighted by Crippen LogP contribution is 2.30. The van der Waals surface area contributed by atoms with Gasteiger partial charge in [0.1, 0.15) is 4.84 Å².